The van der Waals surface area contributed by atoms with Gasteiger partial charge in [-0.15, -0.1) is 0 Å². The number of cyclic esters (lactones) is 1. The van der Waals surface area contributed by atoms with Gasteiger partial charge in [0.05, 0.1) is 23.7 Å². The number of esters is 1. The van der Waals surface area contributed by atoms with Gasteiger partial charge in [0.15, 0.2) is 11.5 Å². The maximum absolute atomic E-state index is 11.5. The fourth-order valence-corrected chi connectivity index (χ4v) is 3.63. The lowest BCUT2D eigenvalue weighted by Gasteiger charge is -2.22. The minimum Gasteiger partial charge on any atom is -0.504 e. The van der Waals surface area contributed by atoms with Crippen molar-refractivity contribution in [1.29, 1.82) is 0 Å². The molecule has 1 aromatic rings. The number of hydrogen-bond acceptors (Lipinski definition) is 5. The number of ether oxygens (including phenoxy) is 1. The van der Waals surface area contributed by atoms with E-state index in [1.807, 2.05) is 19.1 Å². The van der Waals surface area contributed by atoms with Crippen molar-refractivity contribution in [2.75, 3.05) is 0 Å². The number of aliphatic hydroxyl groups excluding tert-OH is 1. The quantitative estimate of drug-likeness (QED) is 0.315. The molecule has 5 nitrogen and oxygen atoms in total. The van der Waals surface area contributed by atoms with Crippen molar-refractivity contribution in [1.82, 2.24) is 0 Å². The Morgan fingerprint density at radius 1 is 1.30 bits per heavy atom. The molecule has 0 saturated carbocycles. The van der Waals surface area contributed by atoms with Gasteiger partial charge in [0.2, 0.25) is 0 Å². The Morgan fingerprint density at radius 2 is 2.07 bits per heavy atom. The molecule has 0 fully saturated rings. The van der Waals surface area contributed by atoms with Crippen LogP contribution in [0.25, 0.3) is 0 Å². The van der Waals surface area contributed by atoms with Crippen molar-refractivity contribution in [2.45, 2.75) is 84.7 Å². The van der Waals surface area contributed by atoms with Gasteiger partial charge in [-0.2, -0.15) is 0 Å². The summed E-state index contributed by atoms with van der Waals surface area (Å²) in [4.78, 5) is 11.5. The molecular formula is C25H36O5. The summed E-state index contributed by atoms with van der Waals surface area (Å²) in [5, 5.41) is 20.5. The van der Waals surface area contributed by atoms with E-state index in [-0.39, 0.29) is 23.0 Å². The van der Waals surface area contributed by atoms with Crippen LogP contribution in [-0.2, 0) is 16.0 Å². The van der Waals surface area contributed by atoms with E-state index in [4.69, 9.17) is 9.15 Å². The Labute approximate surface area is 180 Å². The van der Waals surface area contributed by atoms with Gasteiger partial charge < -0.3 is 19.4 Å². The summed E-state index contributed by atoms with van der Waals surface area (Å²) >= 11 is 0. The summed E-state index contributed by atoms with van der Waals surface area (Å²) in [7, 11) is 0. The number of hydrogen-bond donors (Lipinski definition) is 2. The molecule has 1 unspecified atom stereocenters. The third-order valence-corrected chi connectivity index (χ3v) is 5.70. The summed E-state index contributed by atoms with van der Waals surface area (Å²) in [6.07, 6.45) is 14.8. The Hall–Kier alpha value is -2.27. The highest BCUT2D eigenvalue weighted by atomic mass is 16.6. The van der Waals surface area contributed by atoms with Crippen LogP contribution < -0.4 is 0 Å². The molecule has 1 aliphatic rings. The maximum Gasteiger partial charge on any atom is 0.343 e. The molecule has 0 amide bonds. The van der Waals surface area contributed by atoms with Gasteiger partial charge in [0.1, 0.15) is 0 Å². The number of carbonyl (C=O) groups is 1. The molecule has 5 heteroatoms. The Balaban J connectivity index is 1.64. The first kappa shape index (κ1) is 24.0. The van der Waals surface area contributed by atoms with E-state index in [1.165, 1.54) is 11.1 Å². The van der Waals surface area contributed by atoms with Crippen molar-refractivity contribution >= 4 is 5.97 Å². The van der Waals surface area contributed by atoms with E-state index in [2.05, 4.69) is 19.9 Å². The molecule has 2 N–H and O–H groups in total. The number of carbonyl (C=O) groups excluding carboxylic acids is 1. The Morgan fingerprint density at radius 3 is 2.70 bits per heavy atom. The Bertz CT molecular complexity index is 780. The van der Waals surface area contributed by atoms with Gasteiger partial charge in [0.25, 0.3) is 0 Å². The second-order valence-corrected chi connectivity index (χ2v) is 8.83. The minimum atomic E-state index is -0.645. The lowest BCUT2D eigenvalue weighted by atomic mass is 9.92. The molecule has 0 saturated heterocycles. The molecule has 0 spiro atoms. The Kier molecular flexibility index (Phi) is 8.97. The van der Waals surface area contributed by atoms with Gasteiger partial charge in [-0.1, -0.05) is 18.6 Å². The fourth-order valence-electron chi connectivity index (χ4n) is 3.63. The van der Waals surface area contributed by atoms with E-state index in [1.54, 1.807) is 19.5 Å². The van der Waals surface area contributed by atoms with Crippen LogP contribution >= 0.6 is 0 Å². The lowest BCUT2D eigenvalue weighted by molar-refractivity contribution is -0.133. The third-order valence-electron chi connectivity index (χ3n) is 5.70. The molecule has 1 aromatic heterocycles. The van der Waals surface area contributed by atoms with Crippen LogP contribution in [0.15, 0.2) is 57.8 Å². The highest BCUT2D eigenvalue weighted by Gasteiger charge is 2.26. The monoisotopic (exact) mass is 416 g/mol. The van der Waals surface area contributed by atoms with Crippen LogP contribution in [0, 0.1) is 5.92 Å². The van der Waals surface area contributed by atoms with Crippen LogP contribution in [0.2, 0.25) is 0 Å². The van der Waals surface area contributed by atoms with Crippen LogP contribution in [-0.4, -0.2) is 21.8 Å². The first-order valence-electron chi connectivity index (χ1n) is 10.9. The van der Waals surface area contributed by atoms with E-state index >= 15 is 0 Å². The van der Waals surface area contributed by atoms with E-state index < -0.39 is 11.6 Å². The van der Waals surface area contributed by atoms with Crippen molar-refractivity contribution in [2.24, 2.45) is 5.92 Å². The number of rotatable bonds is 12. The van der Waals surface area contributed by atoms with E-state index in [9.17, 15) is 15.0 Å². The minimum absolute atomic E-state index is 0.0419. The molecule has 166 valence electrons. The van der Waals surface area contributed by atoms with Crippen molar-refractivity contribution in [3.63, 3.8) is 0 Å². The van der Waals surface area contributed by atoms with Crippen LogP contribution in [0.5, 0.6) is 0 Å². The molecule has 0 radical (unpaired) electrons. The molecular weight excluding hydrogens is 380 g/mol. The smallest absolute Gasteiger partial charge is 0.343 e. The molecule has 2 heterocycles. The second-order valence-electron chi connectivity index (χ2n) is 8.83. The molecule has 0 bridgehead atoms. The standard InChI is InChI=1S/C25H36O5/c1-18(8-5-9-19(2)16-22-23(26)20(3)24(27)30-22)10-6-13-25(4,28)14-7-11-21-12-15-29-17-21/h10,12,15-17,19,26,28H,5-9,11,13-14H2,1-4H3/b18-10?,22-16-/t19-,25?/m1/s1. The second kappa shape index (κ2) is 11.2. The number of aryl methyl sites for hydroxylation is 1. The number of allylic oxidation sites excluding steroid dienone is 3. The highest BCUT2D eigenvalue weighted by molar-refractivity contribution is 5.93. The summed E-state index contributed by atoms with van der Waals surface area (Å²) in [6.45, 7) is 7.67. The average Bonchev–Trinajstić information content (AvgIpc) is 3.26. The van der Waals surface area contributed by atoms with Crippen LogP contribution in [0.1, 0.15) is 78.2 Å². The highest BCUT2D eigenvalue weighted by Crippen LogP contribution is 2.26. The zero-order valence-electron chi connectivity index (χ0n) is 18.7. The molecule has 1 aliphatic heterocycles. The van der Waals surface area contributed by atoms with Gasteiger partial charge in [-0.25, -0.2) is 4.79 Å². The SMILES string of the molecule is CC(=CCCC(C)(O)CCCc1ccoc1)CCC[C@@H](C)/C=C1\OC(=O)C(C)=C1O. The average molecular weight is 417 g/mol. The summed E-state index contributed by atoms with van der Waals surface area (Å²) in [5.74, 6) is -0.0151. The van der Waals surface area contributed by atoms with Crippen LogP contribution in [0.4, 0.5) is 0 Å². The molecule has 2 rings (SSSR count). The summed E-state index contributed by atoms with van der Waals surface area (Å²) < 4.78 is 10.2. The summed E-state index contributed by atoms with van der Waals surface area (Å²) in [6, 6.07) is 1.97. The van der Waals surface area contributed by atoms with Crippen LogP contribution in [0.3, 0.4) is 0 Å². The number of aliphatic hydroxyl groups is 2. The topological polar surface area (TPSA) is 79.9 Å². The van der Waals surface area contributed by atoms with E-state index in [0.29, 0.717) is 0 Å². The lowest BCUT2D eigenvalue weighted by Crippen LogP contribution is -2.23. The largest absolute Gasteiger partial charge is 0.504 e. The molecule has 0 aromatic carbocycles. The fraction of sp³-hybridized carbons (Fsp3) is 0.560. The van der Waals surface area contributed by atoms with Crippen molar-refractivity contribution in [3.05, 3.63) is 59.0 Å². The normalized spacial score (nSPS) is 19.3. The van der Waals surface area contributed by atoms with Gasteiger partial charge in [-0.3, -0.25) is 0 Å². The summed E-state index contributed by atoms with van der Waals surface area (Å²) in [5.41, 5.74) is 2.13. The van der Waals surface area contributed by atoms with Crippen molar-refractivity contribution < 1.29 is 24.2 Å². The van der Waals surface area contributed by atoms with Crippen molar-refractivity contribution in [3.8, 4) is 0 Å². The zero-order chi connectivity index (χ0) is 22.1. The third kappa shape index (κ3) is 7.86. The predicted molar refractivity (Wildman–Crippen MR) is 118 cm³/mol. The molecule has 0 aliphatic carbocycles. The molecule has 2 atom stereocenters. The number of furan rings is 1. The van der Waals surface area contributed by atoms with E-state index in [0.717, 1.165) is 51.4 Å². The first-order chi connectivity index (χ1) is 14.2. The van der Waals surface area contributed by atoms with Gasteiger partial charge >= 0.3 is 5.97 Å². The maximum atomic E-state index is 11.5. The zero-order valence-corrected chi connectivity index (χ0v) is 18.7. The molecule has 30 heavy (non-hydrogen) atoms. The van der Waals surface area contributed by atoms with Gasteiger partial charge in [-0.05, 0) is 95.8 Å². The van der Waals surface area contributed by atoms with Gasteiger partial charge in [0, 0.05) is 0 Å². The predicted octanol–water partition coefficient (Wildman–Crippen LogP) is 6.16. The first-order valence-corrected chi connectivity index (χ1v) is 10.9.